The Morgan fingerprint density at radius 1 is 1.24 bits per heavy atom. The highest BCUT2D eigenvalue weighted by Gasteiger charge is 2.29. The molecular formula is C13H17BrO3. The molecule has 0 unspecified atom stereocenters. The van der Waals surface area contributed by atoms with E-state index in [1.165, 1.54) is 0 Å². The maximum Gasteiger partial charge on any atom is 0.119 e. The Bertz CT molecular complexity index is 344. The van der Waals surface area contributed by atoms with Crippen molar-refractivity contribution in [3.63, 3.8) is 0 Å². The lowest BCUT2D eigenvalue weighted by Gasteiger charge is -2.31. The molecule has 2 rings (SSSR count). The lowest BCUT2D eigenvalue weighted by atomic mass is 9.91. The zero-order valence-corrected chi connectivity index (χ0v) is 11.3. The molecule has 1 aliphatic rings. The van der Waals surface area contributed by atoms with Gasteiger partial charge < -0.3 is 14.6 Å². The lowest BCUT2D eigenvalue weighted by Crippen LogP contribution is -2.37. The summed E-state index contributed by atoms with van der Waals surface area (Å²) in [5.41, 5.74) is -0.604. The first kappa shape index (κ1) is 12.9. The average Bonchev–Trinajstić information content (AvgIpc) is 2.32. The number of aliphatic hydroxyl groups is 1. The predicted molar refractivity (Wildman–Crippen MR) is 69.3 cm³/mol. The maximum absolute atomic E-state index is 10.2. The number of hydrogen-bond acceptors (Lipinski definition) is 3. The van der Waals surface area contributed by atoms with Crippen LogP contribution in [0.25, 0.3) is 0 Å². The SMILES string of the molecule is OC1(CCOc2ccc(Br)cc2)CCOCC1. The molecule has 0 aliphatic carbocycles. The van der Waals surface area contributed by atoms with E-state index in [2.05, 4.69) is 15.9 Å². The van der Waals surface area contributed by atoms with Gasteiger partial charge in [-0.15, -0.1) is 0 Å². The van der Waals surface area contributed by atoms with Crippen molar-refractivity contribution in [1.29, 1.82) is 0 Å². The molecule has 1 aromatic carbocycles. The number of benzene rings is 1. The summed E-state index contributed by atoms with van der Waals surface area (Å²) in [6, 6.07) is 7.72. The Morgan fingerprint density at radius 3 is 2.53 bits per heavy atom. The zero-order valence-electron chi connectivity index (χ0n) is 9.69. The molecule has 0 spiro atoms. The van der Waals surface area contributed by atoms with Gasteiger partial charge in [-0.05, 0) is 37.1 Å². The molecule has 1 heterocycles. The monoisotopic (exact) mass is 300 g/mol. The second kappa shape index (κ2) is 5.85. The van der Waals surface area contributed by atoms with Crippen molar-refractivity contribution in [2.24, 2.45) is 0 Å². The van der Waals surface area contributed by atoms with Gasteiger partial charge in [-0.2, -0.15) is 0 Å². The van der Waals surface area contributed by atoms with Crippen LogP contribution in [0.15, 0.2) is 28.7 Å². The first-order valence-corrected chi connectivity index (χ1v) is 6.66. The van der Waals surface area contributed by atoms with Crippen LogP contribution in [0.1, 0.15) is 19.3 Å². The fourth-order valence-corrected chi connectivity index (χ4v) is 2.16. The second-order valence-corrected chi connectivity index (χ2v) is 5.30. The molecule has 1 N–H and O–H groups in total. The van der Waals surface area contributed by atoms with Crippen LogP contribution in [-0.2, 0) is 4.74 Å². The molecule has 4 heteroatoms. The van der Waals surface area contributed by atoms with Crippen LogP contribution < -0.4 is 4.74 Å². The summed E-state index contributed by atoms with van der Waals surface area (Å²) in [6.45, 7) is 1.84. The molecule has 94 valence electrons. The van der Waals surface area contributed by atoms with Crippen LogP contribution in [0, 0.1) is 0 Å². The minimum atomic E-state index is -0.604. The molecule has 0 saturated carbocycles. The summed E-state index contributed by atoms with van der Waals surface area (Å²) in [6.07, 6.45) is 2.07. The molecule has 1 fully saturated rings. The minimum Gasteiger partial charge on any atom is -0.493 e. The highest BCUT2D eigenvalue weighted by Crippen LogP contribution is 2.24. The predicted octanol–water partition coefficient (Wildman–Crippen LogP) is 2.76. The van der Waals surface area contributed by atoms with Crippen LogP contribution in [0.4, 0.5) is 0 Å². The van der Waals surface area contributed by atoms with Crippen molar-refractivity contribution < 1.29 is 14.6 Å². The molecular weight excluding hydrogens is 284 g/mol. The summed E-state index contributed by atoms with van der Waals surface area (Å²) >= 11 is 3.38. The fourth-order valence-electron chi connectivity index (χ4n) is 1.89. The van der Waals surface area contributed by atoms with Gasteiger partial charge in [0.1, 0.15) is 5.75 Å². The van der Waals surface area contributed by atoms with Gasteiger partial charge in [-0.25, -0.2) is 0 Å². The highest BCUT2D eigenvalue weighted by molar-refractivity contribution is 9.10. The van der Waals surface area contributed by atoms with Gasteiger partial charge in [0.2, 0.25) is 0 Å². The van der Waals surface area contributed by atoms with E-state index in [-0.39, 0.29) is 0 Å². The van der Waals surface area contributed by atoms with Crippen LogP contribution in [0.3, 0.4) is 0 Å². The van der Waals surface area contributed by atoms with E-state index in [0.29, 0.717) is 39.1 Å². The van der Waals surface area contributed by atoms with Crippen LogP contribution in [0.2, 0.25) is 0 Å². The third kappa shape index (κ3) is 3.98. The van der Waals surface area contributed by atoms with E-state index < -0.39 is 5.60 Å². The molecule has 3 nitrogen and oxygen atoms in total. The van der Waals surface area contributed by atoms with Crippen molar-refractivity contribution in [3.8, 4) is 5.75 Å². The standard InChI is InChI=1S/C13H17BrO3/c14-11-1-3-12(4-2-11)17-10-7-13(15)5-8-16-9-6-13/h1-4,15H,5-10H2. The highest BCUT2D eigenvalue weighted by atomic mass is 79.9. The van der Waals surface area contributed by atoms with Gasteiger partial charge in [-0.3, -0.25) is 0 Å². The average molecular weight is 301 g/mol. The van der Waals surface area contributed by atoms with Crippen molar-refractivity contribution in [2.75, 3.05) is 19.8 Å². The summed E-state index contributed by atoms with van der Waals surface area (Å²) in [7, 11) is 0. The Kier molecular flexibility index (Phi) is 4.42. The van der Waals surface area contributed by atoms with Gasteiger partial charge in [-0.1, -0.05) is 15.9 Å². The number of rotatable bonds is 4. The Morgan fingerprint density at radius 2 is 1.88 bits per heavy atom. The number of halogens is 1. The van der Waals surface area contributed by atoms with Crippen LogP contribution in [0.5, 0.6) is 5.75 Å². The molecule has 1 aromatic rings. The van der Waals surface area contributed by atoms with E-state index in [4.69, 9.17) is 9.47 Å². The first-order valence-electron chi connectivity index (χ1n) is 5.86. The van der Waals surface area contributed by atoms with Crippen molar-refractivity contribution in [2.45, 2.75) is 24.9 Å². The Hall–Kier alpha value is -0.580. The van der Waals surface area contributed by atoms with Gasteiger partial charge in [0.15, 0.2) is 0 Å². The van der Waals surface area contributed by atoms with E-state index in [9.17, 15) is 5.11 Å². The Labute approximate surface area is 110 Å². The summed E-state index contributed by atoms with van der Waals surface area (Å²) in [4.78, 5) is 0. The minimum absolute atomic E-state index is 0.540. The van der Waals surface area contributed by atoms with Crippen molar-refractivity contribution in [1.82, 2.24) is 0 Å². The van der Waals surface area contributed by atoms with E-state index in [1.54, 1.807) is 0 Å². The van der Waals surface area contributed by atoms with E-state index in [1.807, 2.05) is 24.3 Å². The van der Waals surface area contributed by atoms with Crippen molar-refractivity contribution >= 4 is 15.9 Å². The molecule has 1 aliphatic heterocycles. The number of hydrogen-bond donors (Lipinski definition) is 1. The maximum atomic E-state index is 10.2. The van der Waals surface area contributed by atoms with E-state index >= 15 is 0 Å². The topological polar surface area (TPSA) is 38.7 Å². The molecule has 17 heavy (non-hydrogen) atoms. The van der Waals surface area contributed by atoms with E-state index in [0.717, 1.165) is 10.2 Å². The fraction of sp³-hybridized carbons (Fsp3) is 0.538. The normalized spacial score (nSPS) is 18.9. The van der Waals surface area contributed by atoms with Crippen LogP contribution in [-0.4, -0.2) is 30.5 Å². The van der Waals surface area contributed by atoms with Gasteiger partial charge >= 0.3 is 0 Å². The summed E-state index contributed by atoms with van der Waals surface area (Å²) in [5.74, 6) is 0.837. The Balaban J connectivity index is 1.77. The molecule has 0 bridgehead atoms. The third-order valence-electron chi connectivity index (χ3n) is 3.07. The molecule has 1 saturated heterocycles. The molecule has 0 atom stereocenters. The van der Waals surface area contributed by atoms with Gasteiger partial charge in [0, 0.05) is 24.1 Å². The molecule has 0 aromatic heterocycles. The quantitative estimate of drug-likeness (QED) is 0.929. The third-order valence-corrected chi connectivity index (χ3v) is 3.60. The summed E-state index contributed by atoms with van der Waals surface area (Å²) in [5, 5.41) is 10.2. The lowest BCUT2D eigenvalue weighted by molar-refractivity contribution is -0.0729. The second-order valence-electron chi connectivity index (χ2n) is 4.39. The molecule has 0 amide bonds. The van der Waals surface area contributed by atoms with Gasteiger partial charge in [0.25, 0.3) is 0 Å². The summed E-state index contributed by atoms with van der Waals surface area (Å²) < 4.78 is 11.9. The van der Waals surface area contributed by atoms with Crippen LogP contribution >= 0.6 is 15.9 Å². The van der Waals surface area contributed by atoms with Gasteiger partial charge in [0.05, 0.1) is 12.2 Å². The zero-order chi connectivity index (χ0) is 12.1. The smallest absolute Gasteiger partial charge is 0.119 e. The van der Waals surface area contributed by atoms with Crippen molar-refractivity contribution in [3.05, 3.63) is 28.7 Å². The first-order chi connectivity index (χ1) is 8.18. The number of ether oxygens (including phenoxy) is 2. The largest absolute Gasteiger partial charge is 0.493 e. The molecule has 0 radical (unpaired) electrons.